The van der Waals surface area contributed by atoms with Crippen LogP contribution in [0.2, 0.25) is 0 Å². The molecule has 0 aromatic heterocycles. The molecule has 0 saturated carbocycles. The maximum Gasteiger partial charge on any atom is 0.416 e. The summed E-state index contributed by atoms with van der Waals surface area (Å²) in [4.78, 5) is 15.3. The van der Waals surface area contributed by atoms with Crippen molar-refractivity contribution in [1.82, 2.24) is 10.2 Å². The monoisotopic (exact) mass is 343 g/mol. The third-order valence-corrected chi connectivity index (χ3v) is 4.25. The molecule has 134 valence electrons. The Bertz CT molecular complexity index is 557. The van der Waals surface area contributed by atoms with Crippen LogP contribution in [0.3, 0.4) is 0 Å². The number of nitrogens with zero attached hydrogens (tertiary/aromatic N) is 2. The van der Waals surface area contributed by atoms with Gasteiger partial charge in [0.1, 0.15) is 0 Å². The zero-order valence-electron chi connectivity index (χ0n) is 14.2. The van der Waals surface area contributed by atoms with E-state index in [0.29, 0.717) is 6.42 Å². The van der Waals surface area contributed by atoms with Crippen LogP contribution in [0.5, 0.6) is 0 Å². The zero-order valence-corrected chi connectivity index (χ0v) is 14.2. The molecule has 1 aliphatic heterocycles. The highest BCUT2D eigenvalue weighted by molar-refractivity contribution is 5.76. The Labute approximate surface area is 140 Å². The molecule has 0 bridgehead atoms. The predicted molar refractivity (Wildman–Crippen MR) is 88.0 cm³/mol. The highest BCUT2D eigenvalue weighted by Crippen LogP contribution is 2.31. The van der Waals surface area contributed by atoms with Gasteiger partial charge in [-0.3, -0.25) is 4.79 Å². The average molecular weight is 343 g/mol. The molecule has 1 aromatic rings. The Morgan fingerprint density at radius 3 is 2.50 bits per heavy atom. The van der Waals surface area contributed by atoms with Crippen molar-refractivity contribution in [3.05, 3.63) is 29.8 Å². The van der Waals surface area contributed by atoms with Gasteiger partial charge in [-0.25, -0.2) is 0 Å². The van der Waals surface area contributed by atoms with E-state index in [0.717, 1.165) is 37.3 Å². The van der Waals surface area contributed by atoms with E-state index in [1.54, 1.807) is 19.0 Å². The van der Waals surface area contributed by atoms with Crippen molar-refractivity contribution >= 4 is 11.6 Å². The number of carbonyl (C=O) groups excluding carboxylic acids is 1. The fourth-order valence-corrected chi connectivity index (χ4v) is 2.90. The van der Waals surface area contributed by atoms with Gasteiger partial charge in [0.15, 0.2) is 0 Å². The Balaban J connectivity index is 1.87. The van der Waals surface area contributed by atoms with Crippen molar-refractivity contribution in [3.8, 4) is 0 Å². The van der Waals surface area contributed by atoms with Crippen molar-refractivity contribution in [3.63, 3.8) is 0 Å². The molecule has 1 N–H and O–H groups in total. The lowest BCUT2D eigenvalue weighted by atomic mass is 10.1. The van der Waals surface area contributed by atoms with Gasteiger partial charge in [-0.1, -0.05) is 0 Å². The summed E-state index contributed by atoms with van der Waals surface area (Å²) in [6.45, 7) is 3.49. The SMILES string of the molecule is C[C@H](CC(=O)N(C)C)N[C@H]1CCN(c2ccc(C(F)(F)F)cc2)C1. The lowest BCUT2D eigenvalue weighted by molar-refractivity contribution is -0.137. The summed E-state index contributed by atoms with van der Waals surface area (Å²) >= 11 is 0. The number of nitrogens with one attached hydrogen (secondary N) is 1. The highest BCUT2D eigenvalue weighted by Gasteiger charge is 2.31. The van der Waals surface area contributed by atoms with Crippen LogP contribution in [0, 0.1) is 0 Å². The van der Waals surface area contributed by atoms with E-state index in [-0.39, 0.29) is 18.0 Å². The summed E-state index contributed by atoms with van der Waals surface area (Å²) in [6.07, 6.45) is -2.96. The molecule has 1 amide bonds. The van der Waals surface area contributed by atoms with Crippen molar-refractivity contribution < 1.29 is 18.0 Å². The number of alkyl halides is 3. The second-order valence-electron chi connectivity index (χ2n) is 6.54. The molecule has 1 aliphatic rings. The van der Waals surface area contributed by atoms with E-state index in [1.165, 1.54) is 12.1 Å². The number of halogens is 3. The second kappa shape index (κ2) is 7.42. The van der Waals surface area contributed by atoms with Crippen LogP contribution < -0.4 is 10.2 Å². The minimum absolute atomic E-state index is 0.0671. The lowest BCUT2D eigenvalue weighted by Crippen LogP contribution is -2.41. The molecule has 7 heteroatoms. The molecular formula is C17H24F3N3O. The number of anilines is 1. The maximum absolute atomic E-state index is 12.6. The summed E-state index contributed by atoms with van der Waals surface area (Å²) in [6, 6.07) is 5.58. The minimum Gasteiger partial charge on any atom is -0.370 e. The van der Waals surface area contributed by atoms with Gasteiger partial charge in [0.25, 0.3) is 0 Å². The molecule has 1 aromatic carbocycles. The number of hydrogen-bond acceptors (Lipinski definition) is 3. The maximum atomic E-state index is 12.6. The molecule has 1 saturated heterocycles. The van der Waals surface area contributed by atoms with Gasteiger partial charge in [0, 0.05) is 51.4 Å². The molecule has 2 atom stereocenters. The first kappa shape index (κ1) is 18.6. The zero-order chi connectivity index (χ0) is 17.9. The average Bonchev–Trinajstić information content (AvgIpc) is 2.94. The van der Waals surface area contributed by atoms with Crippen molar-refractivity contribution in [2.75, 3.05) is 32.1 Å². The van der Waals surface area contributed by atoms with Gasteiger partial charge in [0.05, 0.1) is 5.56 Å². The molecule has 0 aliphatic carbocycles. The largest absolute Gasteiger partial charge is 0.416 e. The first-order valence-corrected chi connectivity index (χ1v) is 8.05. The Morgan fingerprint density at radius 1 is 1.33 bits per heavy atom. The van der Waals surface area contributed by atoms with Gasteiger partial charge in [0.2, 0.25) is 5.91 Å². The number of carbonyl (C=O) groups is 1. The summed E-state index contributed by atoms with van der Waals surface area (Å²) in [5.74, 6) is 0.0765. The van der Waals surface area contributed by atoms with E-state index >= 15 is 0 Å². The minimum atomic E-state index is -4.30. The van der Waals surface area contributed by atoms with Crippen LogP contribution in [-0.2, 0) is 11.0 Å². The summed E-state index contributed by atoms with van der Waals surface area (Å²) in [5, 5.41) is 3.43. The number of benzene rings is 1. The van der Waals surface area contributed by atoms with E-state index in [1.807, 2.05) is 6.92 Å². The van der Waals surface area contributed by atoms with Gasteiger partial charge >= 0.3 is 6.18 Å². The topological polar surface area (TPSA) is 35.6 Å². The van der Waals surface area contributed by atoms with Crippen LogP contribution >= 0.6 is 0 Å². The van der Waals surface area contributed by atoms with E-state index < -0.39 is 11.7 Å². The lowest BCUT2D eigenvalue weighted by Gasteiger charge is -2.22. The number of amides is 1. The van der Waals surface area contributed by atoms with Crippen molar-refractivity contribution in [2.45, 2.75) is 38.0 Å². The molecular weight excluding hydrogens is 319 g/mol. The Morgan fingerprint density at radius 2 is 1.96 bits per heavy atom. The molecule has 1 heterocycles. The van der Waals surface area contributed by atoms with E-state index in [4.69, 9.17) is 0 Å². The van der Waals surface area contributed by atoms with Crippen molar-refractivity contribution in [1.29, 1.82) is 0 Å². The van der Waals surface area contributed by atoms with Gasteiger partial charge in [-0.05, 0) is 37.6 Å². The molecule has 2 rings (SSSR count). The Hall–Kier alpha value is -1.76. The first-order chi connectivity index (χ1) is 11.2. The quantitative estimate of drug-likeness (QED) is 0.893. The standard InChI is InChI=1S/C17H24F3N3O/c1-12(10-16(24)22(2)3)21-14-8-9-23(11-14)15-6-4-13(5-7-15)17(18,19)20/h4-7,12,14,21H,8-11H2,1-3H3/t12-,14+/m1/s1. The van der Waals surface area contributed by atoms with Crippen LogP contribution in [-0.4, -0.2) is 50.1 Å². The van der Waals surface area contributed by atoms with Crippen molar-refractivity contribution in [2.24, 2.45) is 0 Å². The summed E-state index contributed by atoms with van der Waals surface area (Å²) in [7, 11) is 3.47. The molecule has 0 unspecified atom stereocenters. The molecule has 0 spiro atoms. The second-order valence-corrected chi connectivity index (χ2v) is 6.54. The Kier molecular flexibility index (Phi) is 5.74. The fraction of sp³-hybridized carbons (Fsp3) is 0.588. The molecule has 24 heavy (non-hydrogen) atoms. The van der Waals surface area contributed by atoms with E-state index in [9.17, 15) is 18.0 Å². The van der Waals surface area contributed by atoms with Crippen LogP contribution in [0.15, 0.2) is 24.3 Å². The highest BCUT2D eigenvalue weighted by atomic mass is 19.4. The number of hydrogen-bond donors (Lipinski definition) is 1. The van der Waals surface area contributed by atoms with Crippen LogP contribution in [0.1, 0.15) is 25.3 Å². The predicted octanol–water partition coefficient (Wildman–Crippen LogP) is 2.74. The van der Waals surface area contributed by atoms with Crippen LogP contribution in [0.25, 0.3) is 0 Å². The fourth-order valence-electron chi connectivity index (χ4n) is 2.90. The molecule has 4 nitrogen and oxygen atoms in total. The normalized spacial score (nSPS) is 19.4. The third-order valence-electron chi connectivity index (χ3n) is 4.25. The summed E-state index contributed by atoms with van der Waals surface area (Å²) < 4.78 is 37.8. The summed E-state index contributed by atoms with van der Waals surface area (Å²) in [5.41, 5.74) is 0.167. The van der Waals surface area contributed by atoms with Gasteiger partial charge in [-0.15, -0.1) is 0 Å². The first-order valence-electron chi connectivity index (χ1n) is 8.05. The third kappa shape index (κ3) is 4.87. The van der Waals surface area contributed by atoms with Gasteiger partial charge < -0.3 is 15.1 Å². The van der Waals surface area contributed by atoms with E-state index in [2.05, 4.69) is 10.2 Å². The molecule has 0 radical (unpaired) electrons. The van der Waals surface area contributed by atoms with Crippen LogP contribution in [0.4, 0.5) is 18.9 Å². The van der Waals surface area contributed by atoms with Gasteiger partial charge in [-0.2, -0.15) is 13.2 Å². The smallest absolute Gasteiger partial charge is 0.370 e. The number of rotatable bonds is 5. The molecule has 1 fully saturated rings.